The number of halogens is 1. The van der Waals surface area contributed by atoms with Gasteiger partial charge in [0, 0.05) is 18.9 Å². The molecule has 1 saturated heterocycles. The van der Waals surface area contributed by atoms with E-state index in [0.29, 0.717) is 12.7 Å². The van der Waals surface area contributed by atoms with Crippen molar-refractivity contribution in [2.75, 3.05) is 13.1 Å². The summed E-state index contributed by atoms with van der Waals surface area (Å²) in [5.74, 6) is 0. The van der Waals surface area contributed by atoms with Crippen LogP contribution in [0.1, 0.15) is 12.1 Å². The average molecular weight is 216 g/mol. The van der Waals surface area contributed by atoms with Gasteiger partial charge >= 0.3 is 0 Å². The third-order valence-electron chi connectivity index (χ3n) is 2.10. The molecule has 1 aliphatic heterocycles. The summed E-state index contributed by atoms with van der Waals surface area (Å²) >= 11 is 0. The summed E-state index contributed by atoms with van der Waals surface area (Å²) in [6.07, 6.45) is 6.54. The van der Waals surface area contributed by atoms with E-state index >= 15 is 0 Å². The van der Waals surface area contributed by atoms with Gasteiger partial charge in [-0.05, 0) is 13.0 Å². The largest absolute Gasteiger partial charge is 0.370 e. The Bertz CT molecular complexity index is 251. The van der Waals surface area contributed by atoms with E-state index in [1.165, 1.54) is 0 Å². The Kier molecular flexibility index (Phi) is 4.79. The van der Waals surface area contributed by atoms with Crippen LogP contribution in [0.2, 0.25) is 0 Å². The van der Waals surface area contributed by atoms with Crippen molar-refractivity contribution < 1.29 is 4.74 Å². The fraction of sp³-hybridized carbons (Fsp3) is 0.556. The van der Waals surface area contributed by atoms with Crippen LogP contribution in [0.3, 0.4) is 0 Å². The molecule has 2 rings (SSSR count). The zero-order valence-electron chi connectivity index (χ0n) is 7.85. The molecule has 1 N–H and O–H groups in total. The number of ether oxygens (including phenoxy) is 1. The van der Waals surface area contributed by atoms with Gasteiger partial charge in [-0.15, -0.1) is 12.4 Å². The van der Waals surface area contributed by atoms with Crippen LogP contribution in [0.5, 0.6) is 0 Å². The predicted molar refractivity (Wildman–Crippen MR) is 55.3 cm³/mol. The monoisotopic (exact) mass is 215 g/mol. The first-order chi connectivity index (χ1) is 6.45. The van der Waals surface area contributed by atoms with E-state index in [1.54, 1.807) is 18.6 Å². The zero-order chi connectivity index (χ0) is 8.93. The van der Waals surface area contributed by atoms with Crippen molar-refractivity contribution in [1.82, 2.24) is 15.3 Å². The van der Waals surface area contributed by atoms with Crippen molar-refractivity contribution in [1.29, 1.82) is 0 Å². The lowest BCUT2D eigenvalue weighted by Crippen LogP contribution is -2.16. The fourth-order valence-electron chi connectivity index (χ4n) is 1.38. The SMILES string of the molecule is Cl.c1cnc(CO[C@@H]2CCNC2)cn1. The van der Waals surface area contributed by atoms with E-state index in [0.717, 1.165) is 25.2 Å². The molecular weight excluding hydrogens is 202 g/mol. The molecule has 0 spiro atoms. The molecule has 14 heavy (non-hydrogen) atoms. The number of aromatic nitrogens is 2. The summed E-state index contributed by atoms with van der Waals surface area (Å²) in [6, 6.07) is 0. The lowest BCUT2D eigenvalue weighted by atomic mass is 10.3. The van der Waals surface area contributed by atoms with E-state index in [-0.39, 0.29) is 12.4 Å². The van der Waals surface area contributed by atoms with Crippen molar-refractivity contribution in [3.8, 4) is 0 Å². The summed E-state index contributed by atoms with van der Waals surface area (Å²) < 4.78 is 5.62. The number of hydrogen-bond donors (Lipinski definition) is 1. The van der Waals surface area contributed by atoms with Crippen LogP contribution < -0.4 is 5.32 Å². The number of nitrogens with zero attached hydrogens (tertiary/aromatic N) is 2. The molecule has 0 bridgehead atoms. The minimum absolute atomic E-state index is 0. The zero-order valence-corrected chi connectivity index (χ0v) is 8.67. The molecular formula is C9H14ClN3O. The van der Waals surface area contributed by atoms with Gasteiger partial charge in [-0.2, -0.15) is 0 Å². The van der Waals surface area contributed by atoms with Gasteiger partial charge in [-0.1, -0.05) is 0 Å². The second-order valence-electron chi connectivity index (χ2n) is 3.12. The molecule has 1 aliphatic rings. The second-order valence-corrected chi connectivity index (χ2v) is 3.12. The quantitative estimate of drug-likeness (QED) is 0.810. The van der Waals surface area contributed by atoms with Crippen molar-refractivity contribution in [3.05, 3.63) is 24.3 Å². The van der Waals surface area contributed by atoms with Gasteiger partial charge < -0.3 is 10.1 Å². The fourth-order valence-corrected chi connectivity index (χ4v) is 1.38. The van der Waals surface area contributed by atoms with Crippen LogP contribution in [-0.2, 0) is 11.3 Å². The Labute approximate surface area is 89.5 Å². The van der Waals surface area contributed by atoms with E-state index in [9.17, 15) is 0 Å². The second kappa shape index (κ2) is 5.90. The molecule has 1 atom stereocenters. The van der Waals surface area contributed by atoms with Crippen LogP contribution >= 0.6 is 12.4 Å². The van der Waals surface area contributed by atoms with Gasteiger partial charge in [0.25, 0.3) is 0 Å². The van der Waals surface area contributed by atoms with Gasteiger partial charge in [0.2, 0.25) is 0 Å². The maximum absolute atomic E-state index is 5.62. The first-order valence-corrected chi connectivity index (χ1v) is 4.52. The number of hydrogen-bond acceptors (Lipinski definition) is 4. The van der Waals surface area contributed by atoms with Crippen molar-refractivity contribution >= 4 is 12.4 Å². The highest BCUT2D eigenvalue weighted by atomic mass is 35.5. The van der Waals surface area contributed by atoms with E-state index in [4.69, 9.17) is 4.74 Å². The molecule has 1 fully saturated rings. The Morgan fingerprint density at radius 3 is 3.07 bits per heavy atom. The molecule has 0 unspecified atom stereocenters. The molecule has 4 nitrogen and oxygen atoms in total. The van der Waals surface area contributed by atoms with E-state index in [2.05, 4.69) is 15.3 Å². The van der Waals surface area contributed by atoms with Crippen molar-refractivity contribution in [2.45, 2.75) is 19.1 Å². The molecule has 5 heteroatoms. The van der Waals surface area contributed by atoms with Crippen LogP contribution in [0.4, 0.5) is 0 Å². The van der Waals surface area contributed by atoms with Crippen molar-refractivity contribution in [2.24, 2.45) is 0 Å². The molecule has 0 amide bonds. The Balaban J connectivity index is 0.000000980. The summed E-state index contributed by atoms with van der Waals surface area (Å²) in [5, 5.41) is 3.25. The summed E-state index contributed by atoms with van der Waals surface area (Å²) in [5.41, 5.74) is 0.898. The highest BCUT2D eigenvalue weighted by Gasteiger charge is 2.14. The first-order valence-electron chi connectivity index (χ1n) is 4.52. The summed E-state index contributed by atoms with van der Waals surface area (Å²) in [7, 11) is 0. The Hall–Kier alpha value is -0.710. The third-order valence-corrected chi connectivity index (χ3v) is 2.10. The smallest absolute Gasteiger partial charge is 0.0907 e. The number of nitrogens with one attached hydrogen (secondary N) is 1. The molecule has 78 valence electrons. The molecule has 2 heterocycles. The van der Waals surface area contributed by atoms with Gasteiger partial charge in [0.1, 0.15) is 0 Å². The molecule has 1 aromatic heterocycles. The molecule has 0 aromatic carbocycles. The summed E-state index contributed by atoms with van der Waals surface area (Å²) in [6.45, 7) is 2.59. The lowest BCUT2D eigenvalue weighted by Gasteiger charge is -2.08. The summed E-state index contributed by atoms with van der Waals surface area (Å²) in [4.78, 5) is 8.10. The Morgan fingerprint density at radius 2 is 2.43 bits per heavy atom. The van der Waals surface area contributed by atoms with E-state index in [1.807, 2.05) is 0 Å². The van der Waals surface area contributed by atoms with Crippen LogP contribution in [0.15, 0.2) is 18.6 Å². The van der Waals surface area contributed by atoms with Gasteiger partial charge in [0.05, 0.1) is 24.6 Å². The van der Waals surface area contributed by atoms with Gasteiger partial charge in [0.15, 0.2) is 0 Å². The van der Waals surface area contributed by atoms with Crippen molar-refractivity contribution in [3.63, 3.8) is 0 Å². The minimum atomic E-state index is 0. The maximum Gasteiger partial charge on any atom is 0.0907 e. The highest BCUT2D eigenvalue weighted by molar-refractivity contribution is 5.85. The van der Waals surface area contributed by atoms with Crippen LogP contribution in [0, 0.1) is 0 Å². The molecule has 1 aromatic rings. The Morgan fingerprint density at radius 1 is 1.50 bits per heavy atom. The predicted octanol–water partition coefficient (Wildman–Crippen LogP) is 0.777. The van der Waals surface area contributed by atoms with Crippen LogP contribution in [-0.4, -0.2) is 29.2 Å². The lowest BCUT2D eigenvalue weighted by molar-refractivity contribution is 0.0520. The van der Waals surface area contributed by atoms with Gasteiger partial charge in [-0.3, -0.25) is 9.97 Å². The number of rotatable bonds is 3. The third kappa shape index (κ3) is 3.21. The van der Waals surface area contributed by atoms with Gasteiger partial charge in [-0.25, -0.2) is 0 Å². The minimum Gasteiger partial charge on any atom is -0.370 e. The maximum atomic E-state index is 5.62. The average Bonchev–Trinajstić information content (AvgIpc) is 2.69. The molecule has 0 radical (unpaired) electrons. The first kappa shape index (κ1) is 11.4. The topological polar surface area (TPSA) is 47.0 Å². The standard InChI is InChI=1S/C9H13N3O.ClH/c1-2-10-6-9(1)13-7-8-5-11-3-4-12-8;/h3-5,9-10H,1-2,6-7H2;1H/t9-;/m1./s1. The van der Waals surface area contributed by atoms with Crippen LogP contribution in [0.25, 0.3) is 0 Å². The molecule has 0 saturated carbocycles. The molecule has 0 aliphatic carbocycles. The highest BCUT2D eigenvalue weighted by Crippen LogP contribution is 2.05. The van der Waals surface area contributed by atoms with E-state index < -0.39 is 0 Å². The normalized spacial score (nSPS) is 20.4.